The van der Waals surface area contributed by atoms with E-state index < -0.39 is 17.8 Å². The number of aromatic nitrogens is 4. The molecule has 2 saturated heterocycles. The zero-order chi connectivity index (χ0) is 37.7. The smallest absolute Gasteiger partial charge is 0.417 e. The molecule has 4 aliphatic heterocycles. The van der Waals surface area contributed by atoms with Crippen LogP contribution in [0, 0.1) is 6.92 Å². The minimum absolute atomic E-state index is 0.0114. The molecule has 0 bridgehead atoms. The third-order valence-electron chi connectivity index (χ3n) is 9.97. The Kier molecular flexibility index (Phi) is 12.5. The van der Waals surface area contributed by atoms with Crippen molar-refractivity contribution in [3.63, 3.8) is 0 Å². The standard InChI is InChI=1S/C27H32F3N7O3.C8H12FN.C2H6/c1-5-35(3)25(38)21-11-17-13-36(7-6-8-37(17)34-21)24-19-14-40-22(12-20(19)32-26(33-24)39-4)18-10-16(31)9-15(2)23(18)27(28,29)30;9-5-7-4-8-2-1-3-10(8)6-7;1-2/h9-11,22H,5-8,12-14,31H2,1-4H3;5,8H,1-4,6H2;1-2H3/b;7-5-;/t22-;;/m0../s1. The predicted molar refractivity (Wildman–Crippen MR) is 191 cm³/mol. The number of anilines is 2. The number of nitrogen functional groups attached to an aromatic ring is 1. The van der Waals surface area contributed by atoms with Gasteiger partial charge in [-0.25, -0.2) is 4.39 Å². The van der Waals surface area contributed by atoms with Crippen molar-refractivity contribution < 1.29 is 31.8 Å². The first-order chi connectivity index (χ1) is 24.9. The van der Waals surface area contributed by atoms with Crippen LogP contribution in [0.4, 0.5) is 29.1 Å². The van der Waals surface area contributed by atoms with Crippen LogP contribution in [0.2, 0.25) is 0 Å². The van der Waals surface area contributed by atoms with Gasteiger partial charge in [0.1, 0.15) is 5.82 Å². The van der Waals surface area contributed by atoms with Gasteiger partial charge in [0, 0.05) is 56.9 Å². The Bertz CT molecular complexity index is 1750. The predicted octanol–water partition coefficient (Wildman–Crippen LogP) is 6.64. The van der Waals surface area contributed by atoms with Crippen LogP contribution in [0.1, 0.15) is 96.7 Å². The van der Waals surface area contributed by atoms with Crippen molar-refractivity contribution in [2.75, 3.05) is 51.0 Å². The van der Waals surface area contributed by atoms with Crippen LogP contribution in [0.15, 0.2) is 30.1 Å². The summed E-state index contributed by atoms with van der Waals surface area (Å²) in [4.78, 5) is 27.8. The number of fused-ring (bicyclic) bond motifs is 3. The third-order valence-corrected chi connectivity index (χ3v) is 9.97. The summed E-state index contributed by atoms with van der Waals surface area (Å²) in [5, 5.41) is 4.53. The van der Waals surface area contributed by atoms with Gasteiger partial charge in [-0.2, -0.15) is 28.2 Å². The lowest BCUT2D eigenvalue weighted by Gasteiger charge is -2.31. The molecule has 1 aromatic carbocycles. The van der Waals surface area contributed by atoms with E-state index in [9.17, 15) is 22.4 Å². The van der Waals surface area contributed by atoms with Crippen LogP contribution in [-0.4, -0.2) is 81.8 Å². The Hall–Kier alpha value is -4.24. The monoisotopic (exact) mass is 730 g/mol. The molecule has 0 aliphatic carbocycles. The van der Waals surface area contributed by atoms with Gasteiger partial charge in [0.25, 0.3) is 5.91 Å². The van der Waals surface area contributed by atoms with Gasteiger partial charge in [0.2, 0.25) is 0 Å². The quantitative estimate of drug-likeness (QED) is 0.228. The lowest BCUT2D eigenvalue weighted by molar-refractivity contribution is -0.140. The molecule has 11 nitrogen and oxygen atoms in total. The zero-order valence-corrected chi connectivity index (χ0v) is 30.9. The summed E-state index contributed by atoms with van der Waals surface area (Å²) in [6.45, 7) is 11.7. The Morgan fingerprint density at radius 3 is 2.56 bits per heavy atom. The maximum Gasteiger partial charge on any atom is 0.417 e. The first-order valence-corrected chi connectivity index (χ1v) is 18.0. The van der Waals surface area contributed by atoms with Crippen molar-refractivity contribution in [3.05, 3.63) is 69.4 Å². The molecular weight excluding hydrogens is 680 g/mol. The van der Waals surface area contributed by atoms with Crippen LogP contribution >= 0.6 is 0 Å². The number of halogens is 4. The van der Waals surface area contributed by atoms with Gasteiger partial charge in [-0.1, -0.05) is 13.8 Å². The van der Waals surface area contributed by atoms with Crippen molar-refractivity contribution in [2.24, 2.45) is 0 Å². The van der Waals surface area contributed by atoms with Crippen molar-refractivity contribution in [3.8, 4) is 6.01 Å². The molecule has 15 heteroatoms. The van der Waals surface area contributed by atoms with E-state index in [0.717, 1.165) is 37.0 Å². The fraction of sp³-hybridized carbons (Fsp3) is 0.568. The summed E-state index contributed by atoms with van der Waals surface area (Å²) in [5.74, 6) is 0.443. The van der Waals surface area contributed by atoms with Crippen LogP contribution in [0.5, 0.6) is 6.01 Å². The van der Waals surface area contributed by atoms with Crippen molar-refractivity contribution in [1.29, 1.82) is 0 Å². The number of aryl methyl sites for hydroxylation is 2. The van der Waals surface area contributed by atoms with E-state index in [4.69, 9.17) is 15.2 Å². The molecule has 1 unspecified atom stereocenters. The highest BCUT2D eigenvalue weighted by molar-refractivity contribution is 5.92. The Morgan fingerprint density at radius 2 is 1.88 bits per heavy atom. The molecule has 0 saturated carbocycles. The van der Waals surface area contributed by atoms with E-state index in [1.54, 1.807) is 18.0 Å². The summed E-state index contributed by atoms with van der Waals surface area (Å²) in [6.07, 6.45) is -0.258. The van der Waals surface area contributed by atoms with E-state index in [2.05, 4.69) is 24.9 Å². The average Bonchev–Trinajstić information content (AvgIpc) is 3.82. The first kappa shape index (κ1) is 39.0. The number of methoxy groups -OCH3 is 1. The van der Waals surface area contributed by atoms with Gasteiger partial charge in [-0.15, -0.1) is 0 Å². The van der Waals surface area contributed by atoms with Gasteiger partial charge in [-0.05, 0) is 81.0 Å². The largest absolute Gasteiger partial charge is 0.467 e. The topological polar surface area (TPSA) is 115 Å². The number of carbonyl (C=O) groups is 1. The number of nitrogens with zero attached hydrogens (tertiary/aromatic N) is 7. The summed E-state index contributed by atoms with van der Waals surface area (Å²) >= 11 is 0. The molecule has 0 spiro atoms. The van der Waals surface area contributed by atoms with Crippen molar-refractivity contribution in [2.45, 2.75) is 97.8 Å². The Morgan fingerprint density at radius 1 is 1.12 bits per heavy atom. The van der Waals surface area contributed by atoms with Crippen LogP contribution in [0.3, 0.4) is 0 Å². The molecule has 2 atom stereocenters. The number of amides is 1. The van der Waals surface area contributed by atoms with Crippen molar-refractivity contribution in [1.82, 2.24) is 29.5 Å². The zero-order valence-electron chi connectivity index (χ0n) is 30.9. The summed E-state index contributed by atoms with van der Waals surface area (Å²) < 4.78 is 67.3. The van der Waals surface area contributed by atoms with Gasteiger partial charge < -0.3 is 25.0 Å². The van der Waals surface area contributed by atoms with Crippen LogP contribution < -0.4 is 15.4 Å². The second-order valence-corrected chi connectivity index (χ2v) is 13.3. The molecule has 0 radical (unpaired) electrons. The number of nitrogens with two attached hydrogens (primary N) is 1. The molecule has 2 aromatic heterocycles. The number of alkyl halides is 3. The van der Waals surface area contributed by atoms with Crippen molar-refractivity contribution >= 4 is 17.4 Å². The molecule has 1 amide bonds. The Balaban J connectivity index is 0.000000369. The van der Waals surface area contributed by atoms with Crippen LogP contribution in [0.25, 0.3) is 0 Å². The SMILES string of the molecule is CC.CCN(C)C(=O)c1cc2n(n1)CCCN(c1nc(OC)nc3c1CO[C@H](c1cc(N)cc(C)c1C(F)(F)F)C3)C2.F/C=C1/CC2CCCN2C1. The molecule has 6 heterocycles. The lowest BCUT2D eigenvalue weighted by atomic mass is 9.92. The molecule has 7 rings (SSSR count). The van der Waals surface area contributed by atoms with Gasteiger partial charge >= 0.3 is 12.2 Å². The fourth-order valence-corrected chi connectivity index (χ4v) is 7.40. The minimum Gasteiger partial charge on any atom is -0.467 e. The highest BCUT2D eigenvalue weighted by Crippen LogP contribution is 2.43. The average molecular weight is 731 g/mol. The number of hydrogen-bond acceptors (Lipinski definition) is 9. The maximum absolute atomic E-state index is 14.0. The van der Waals surface area contributed by atoms with E-state index in [0.29, 0.717) is 55.0 Å². The second-order valence-electron chi connectivity index (χ2n) is 13.3. The van der Waals surface area contributed by atoms with Gasteiger partial charge in [0.15, 0.2) is 5.69 Å². The van der Waals surface area contributed by atoms with Crippen LogP contribution in [-0.2, 0) is 37.0 Å². The molecule has 52 heavy (non-hydrogen) atoms. The molecule has 2 fully saturated rings. The lowest BCUT2D eigenvalue weighted by Crippen LogP contribution is -2.29. The number of benzene rings is 1. The summed E-state index contributed by atoms with van der Waals surface area (Å²) in [5.41, 5.74) is 8.95. The molecule has 3 aromatic rings. The first-order valence-electron chi connectivity index (χ1n) is 18.0. The van der Waals surface area contributed by atoms with E-state index in [1.165, 1.54) is 45.6 Å². The molecule has 4 aliphatic rings. The highest BCUT2D eigenvalue weighted by Gasteiger charge is 2.39. The fourth-order valence-electron chi connectivity index (χ4n) is 7.40. The number of rotatable bonds is 5. The normalized spacial score (nSPS) is 20.5. The highest BCUT2D eigenvalue weighted by atomic mass is 19.4. The number of hydrogen-bond donors (Lipinski definition) is 1. The third kappa shape index (κ3) is 8.35. The van der Waals surface area contributed by atoms with E-state index in [1.807, 2.05) is 25.5 Å². The summed E-state index contributed by atoms with van der Waals surface area (Å²) in [6, 6.07) is 5.24. The Labute approximate surface area is 302 Å². The number of ether oxygens (including phenoxy) is 2. The maximum atomic E-state index is 14.0. The van der Waals surface area contributed by atoms with Gasteiger partial charge in [-0.3, -0.25) is 14.4 Å². The van der Waals surface area contributed by atoms with Gasteiger partial charge in [0.05, 0.1) is 49.6 Å². The molecule has 284 valence electrons. The molecule has 2 N–H and O–H groups in total. The second kappa shape index (κ2) is 16.6. The van der Waals surface area contributed by atoms with E-state index in [-0.39, 0.29) is 41.8 Å². The van der Waals surface area contributed by atoms with E-state index >= 15 is 0 Å². The molecular formula is C37H50F4N8O3. The minimum atomic E-state index is -4.56. The number of carbonyl (C=O) groups excluding carboxylic acids is 1. The summed E-state index contributed by atoms with van der Waals surface area (Å²) in [7, 11) is 3.18.